The Morgan fingerprint density at radius 2 is 2.00 bits per heavy atom. The second-order valence-corrected chi connectivity index (χ2v) is 8.15. The molecule has 1 aliphatic carbocycles. The first-order valence-corrected chi connectivity index (χ1v) is 9.45. The van der Waals surface area contributed by atoms with E-state index in [1.807, 2.05) is 0 Å². The third-order valence-electron chi connectivity index (χ3n) is 4.01. The van der Waals surface area contributed by atoms with Crippen molar-refractivity contribution in [2.24, 2.45) is 0 Å². The number of carbonyl (C=O) groups excluding carboxylic acids is 1. The third-order valence-corrected chi connectivity index (χ3v) is 4.96. The molecule has 1 amide bonds. The number of carbonyl (C=O) groups is 1. The number of fused-ring (bicyclic) bond motifs is 2. The molecule has 3 rings (SSSR count). The normalized spacial score (nSPS) is 14.2. The fraction of sp³-hybridized carbons (Fsp3) is 0.438. The molecule has 0 radical (unpaired) electrons. The van der Waals surface area contributed by atoms with E-state index in [-0.39, 0.29) is 24.6 Å². The van der Waals surface area contributed by atoms with Crippen molar-refractivity contribution in [3.63, 3.8) is 0 Å². The quantitative estimate of drug-likeness (QED) is 0.908. The second-order valence-electron chi connectivity index (χ2n) is 5.89. The summed E-state index contributed by atoms with van der Waals surface area (Å²) in [5, 5.41) is 3.62. The third kappa shape index (κ3) is 3.32. The van der Waals surface area contributed by atoms with Crippen molar-refractivity contribution >= 4 is 26.7 Å². The first-order valence-electron chi connectivity index (χ1n) is 7.39. The smallest absolute Gasteiger partial charge is 0.224 e. The molecule has 0 fully saturated rings. The Bertz CT molecular complexity index is 820. The summed E-state index contributed by atoms with van der Waals surface area (Å²) in [6.45, 7) is 0.142. The number of benzene rings is 1. The van der Waals surface area contributed by atoms with E-state index in [0.717, 1.165) is 35.6 Å². The molecule has 0 saturated carbocycles. The van der Waals surface area contributed by atoms with Gasteiger partial charge in [0.1, 0.15) is 15.4 Å². The van der Waals surface area contributed by atoms with Crippen molar-refractivity contribution in [1.82, 2.24) is 5.32 Å². The first kappa shape index (κ1) is 15.1. The number of sulfone groups is 1. The van der Waals surface area contributed by atoms with E-state index < -0.39 is 9.84 Å². The number of nitrogens with one attached hydrogen (secondary N) is 1. The fourth-order valence-electron chi connectivity index (χ4n) is 2.90. The highest BCUT2D eigenvalue weighted by molar-refractivity contribution is 7.90. The van der Waals surface area contributed by atoms with Gasteiger partial charge in [0.05, 0.1) is 18.4 Å². The van der Waals surface area contributed by atoms with Crippen molar-refractivity contribution in [1.29, 1.82) is 0 Å². The zero-order valence-electron chi connectivity index (χ0n) is 12.5. The van der Waals surface area contributed by atoms with Crippen LogP contribution >= 0.6 is 0 Å². The van der Waals surface area contributed by atoms with Gasteiger partial charge in [-0.3, -0.25) is 4.79 Å². The van der Waals surface area contributed by atoms with Crippen molar-refractivity contribution in [3.05, 3.63) is 35.1 Å². The van der Waals surface area contributed by atoms with Gasteiger partial charge in [-0.25, -0.2) is 8.42 Å². The van der Waals surface area contributed by atoms with Crippen LogP contribution in [0.2, 0.25) is 0 Å². The molecule has 0 aliphatic heterocycles. The Morgan fingerprint density at radius 3 is 2.73 bits per heavy atom. The highest BCUT2D eigenvalue weighted by Crippen LogP contribution is 2.30. The largest absolute Gasteiger partial charge is 0.464 e. The lowest BCUT2D eigenvalue weighted by molar-refractivity contribution is -0.120. The molecular weight excluding hydrogens is 302 g/mol. The maximum absolute atomic E-state index is 11.9. The summed E-state index contributed by atoms with van der Waals surface area (Å²) in [6, 6.07) is 4.20. The Balaban J connectivity index is 1.70. The number of hydrogen-bond acceptors (Lipinski definition) is 4. The fourth-order valence-corrected chi connectivity index (χ4v) is 3.37. The van der Waals surface area contributed by atoms with E-state index in [2.05, 4.69) is 17.4 Å². The molecule has 1 heterocycles. The van der Waals surface area contributed by atoms with E-state index in [1.165, 1.54) is 17.5 Å². The van der Waals surface area contributed by atoms with Crippen LogP contribution in [0.1, 0.15) is 23.1 Å². The molecule has 5 nitrogen and oxygen atoms in total. The summed E-state index contributed by atoms with van der Waals surface area (Å²) in [7, 11) is -3.06. The van der Waals surface area contributed by atoms with Gasteiger partial charge in [-0.1, -0.05) is 0 Å². The van der Waals surface area contributed by atoms with E-state index in [1.54, 1.807) is 6.26 Å². The van der Waals surface area contributed by atoms with Crippen LogP contribution in [0.5, 0.6) is 0 Å². The summed E-state index contributed by atoms with van der Waals surface area (Å²) >= 11 is 0. The number of rotatable bonds is 5. The molecule has 2 aromatic rings. The Labute approximate surface area is 129 Å². The van der Waals surface area contributed by atoms with Gasteiger partial charge in [0.15, 0.2) is 0 Å². The lowest BCUT2D eigenvalue weighted by Crippen LogP contribution is -2.29. The number of furan rings is 1. The van der Waals surface area contributed by atoms with Gasteiger partial charge in [-0.2, -0.15) is 0 Å². The van der Waals surface area contributed by atoms with Crippen LogP contribution in [-0.2, 0) is 33.9 Å². The molecule has 1 N–H and O–H groups in total. The monoisotopic (exact) mass is 321 g/mol. The van der Waals surface area contributed by atoms with Gasteiger partial charge in [0.25, 0.3) is 0 Å². The predicted molar refractivity (Wildman–Crippen MR) is 84.7 cm³/mol. The lowest BCUT2D eigenvalue weighted by atomic mass is 10.0. The molecule has 0 spiro atoms. The lowest BCUT2D eigenvalue weighted by Gasteiger charge is -2.04. The Hall–Kier alpha value is -1.82. The summed E-state index contributed by atoms with van der Waals surface area (Å²) in [5.41, 5.74) is 4.35. The minimum Gasteiger partial charge on any atom is -0.464 e. The second kappa shape index (κ2) is 5.76. The van der Waals surface area contributed by atoms with Crippen LogP contribution in [0.4, 0.5) is 0 Å². The first-order chi connectivity index (χ1) is 10.4. The molecule has 0 bridgehead atoms. The van der Waals surface area contributed by atoms with Gasteiger partial charge >= 0.3 is 0 Å². The maximum Gasteiger partial charge on any atom is 0.224 e. The molecule has 1 aliphatic rings. The minimum absolute atomic E-state index is 0.0433. The molecule has 118 valence electrons. The SMILES string of the molecule is CS(=O)(=O)CCNC(=O)Cc1coc2cc3c(cc12)CCC3. The van der Waals surface area contributed by atoms with Gasteiger partial charge in [-0.15, -0.1) is 0 Å². The van der Waals surface area contributed by atoms with Crippen molar-refractivity contribution in [3.8, 4) is 0 Å². The highest BCUT2D eigenvalue weighted by atomic mass is 32.2. The minimum atomic E-state index is -3.06. The molecule has 0 saturated heterocycles. The molecule has 6 heteroatoms. The van der Waals surface area contributed by atoms with Crippen LogP contribution < -0.4 is 5.32 Å². The molecule has 1 aromatic heterocycles. The van der Waals surface area contributed by atoms with Gasteiger partial charge < -0.3 is 9.73 Å². The standard InChI is InChI=1S/C16H19NO4S/c1-22(19,20)6-5-17-16(18)9-13-10-21-15-8-12-4-2-3-11(12)7-14(13)15/h7-8,10H,2-6,9H2,1H3,(H,17,18). The summed E-state index contributed by atoms with van der Waals surface area (Å²) in [4.78, 5) is 11.9. The summed E-state index contributed by atoms with van der Waals surface area (Å²) in [6.07, 6.45) is 6.32. The van der Waals surface area contributed by atoms with Crippen LogP contribution in [0.25, 0.3) is 11.0 Å². The van der Waals surface area contributed by atoms with Gasteiger partial charge in [0, 0.05) is 23.8 Å². The Morgan fingerprint density at radius 1 is 1.27 bits per heavy atom. The number of amides is 1. The molecule has 1 aromatic carbocycles. The maximum atomic E-state index is 11.9. The topological polar surface area (TPSA) is 76.4 Å². The summed E-state index contributed by atoms with van der Waals surface area (Å²) < 4.78 is 27.7. The number of aryl methyl sites for hydroxylation is 2. The molecular formula is C16H19NO4S. The average molecular weight is 321 g/mol. The van der Waals surface area contributed by atoms with Crippen LogP contribution in [0.15, 0.2) is 22.8 Å². The van der Waals surface area contributed by atoms with E-state index in [4.69, 9.17) is 4.42 Å². The summed E-state index contributed by atoms with van der Waals surface area (Å²) in [5.74, 6) is -0.231. The van der Waals surface area contributed by atoms with E-state index in [9.17, 15) is 13.2 Å². The zero-order chi connectivity index (χ0) is 15.7. The highest BCUT2D eigenvalue weighted by Gasteiger charge is 2.16. The van der Waals surface area contributed by atoms with Crippen molar-refractivity contribution in [2.45, 2.75) is 25.7 Å². The van der Waals surface area contributed by atoms with E-state index >= 15 is 0 Å². The Kier molecular flexibility index (Phi) is 3.95. The van der Waals surface area contributed by atoms with Gasteiger partial charge in [0.2, 0.25) is 5.91 Å². The van der Waals surface area contributed by atoms with E-state index in [0.29, 0.717) is 0 Å². The van der Waals surface area contributed by atoms with Crippen LogP contribution in [0.3, 0.4) is 0 Å². The molecule has 0 unspecified atom stereocenters. The molecule has 0 atom stereocenters. The number of hydrogen-bond donors (Lipinski definition) is 1. The van der Waals surface area contributed by atoms with Crippen molar-refractivity contribution < 1.29 is 17.6 Å². The predicted octanol–water partition coefficient (Wildman–Crippen LogP) is 1.62. The van der Waals surface area contributed by atoms with Gasteiger partial charge in [-0.05, 0) is 42.5 Å². The van der Waals surface area contributed by atoms with Crippen LogP contribution in [-0.4, -0.2) is 32.9 Å². The average Bonchev–Trinajstić information content (AvgIpc) is 3.02. The zero-order valence-corrected chi connectivity index (χ0v) is 13.3. The van der Waals surface area contributed by atoms with Crippen LogP contribution in [0, 0.1) is 0 Å². The van der Waals surface area contributed by atoms with Crippen molar-refractivity contribution in [2.75, 3.05) is 18.6 Å². The molecule has 22 heavy (non-hydrogen) atoms.